The molecule has 0 aromatic heterocycles. The van der Waals surface area contributed by atoms with Crippen molar-refractivity contribution in [3.8, 4) is 17.2 Å². The highest BCUT2D eigenvalue weighted by atomic mass is 16.7. The van der Waals surface area contributed by atoms with Crippen LogP contribution in [0.25, 0.3) is 0 Å². The van der Waals surface area contributed by atoms with Crippen LogP contribution >= 0.6 is 0 Å². The van der Waals surface area contributed by atoms with Gasteiger partial charge >= 0.3 is 0 Å². The highest BCUT2D eigenvalue weighted by molar-refractivity contribution is 6.02. The fourth-order valence-corrected chi connectivity index (χ4v) is 3.16. The lowest BCUT2D eigenvalue weighted by molar-refractivity contribution is -0.121. The predicted octanol–water partition coefficient (Wildman–Crippen LogP) is 2.05. The van der Waals surface area contributed by atoms with Gasteiger partial charge in [0.1, 0.15) is 5.75 Å². The van der Waals surface area contributed by atoms with Gasteiger partial charge in [0.2, 0.25) is 12.7 Å². The van der Waals surface area contributed by atoms with Gasteiger partial charge in [0, 0.05) is 32.0 Å². The van der Waals surface area contributed by atoms with Crippen LogP contribution in [0.5, 0.6) is 17.2 Å². The number of amides is 2. The van der Waals surface area contributed by atoms with Gasteiger partial charge in [0.05, 0.1) is 5.69 Å². The third-order valence-electron chi connectivity index (χ3n) is 4.87. The molecular weight excluding hydrogens is 376 g/mol. The van der Waals surface area contributed by atoms with Crippen LogP contribution in [0.1, 0.15) is 28.8 Å². The maximum Gasteiger partial charge on any atom is 0.264 e. The number of rotatable bonds is 6. The van der Waals surface area contributed by atoms with E-state index in [9.17, 15) is 14.4 Å². The highest BCUT2D eigenvalue weighted by Crippen LogP contribution is 2.33. The molecule has 0 saturated heterocycles. The van der Waals surface area contributed by atoms with Crippen LogP contribution in [0.3, 0.4) is 0 Å². The largest absolute Gasteiger partial charge is 0.482 e. The topological polar surface area (TPSA) is 94.2 Å². The minimum atomic E-state index is -0.218. The van der Waals surface area contributed by atoms with Gasteiger partial charge in [-0.05, 0) is 35.9 Å². The normalized spacial score (nSPS) is 14.2. The Labute approximate surface area is 167 Å². The van der Waals surface area contributed by atoms with E-state index in [1.54, 1.807) is 31.3 Å². The number of hydrogen-bond acceptors (Lipinski definition) is 6. The van der Waals surface area contributed by atoms with Crippen LogP contribution in [0.2, 0.25) is 0 Å². The van der Waals surface area contributed by atoms with Crippen molar-refractivity contribution < 1.29 is 28.6 Å². The molecule has 2 aliphatic heterocycles. The Morgan fingerprint density at radius 3 is 2.66 bits per heavy atom. The van der Waals surface area contributed by atoms with E-state index in [0.29, 0.717) is 35.0 Å². The van der Waals surface area contributed by atoms with Crippen molar-refractivity contribution in [3.05, 3.63) is 47.5 Å². The summed E-state index contributed by atoms with van der Waals surface area (Å²) < 4.78 is 15.9. The van der Waals surface area contributed by atoms with Gasteiger partial charge in [0.15, 0.2) is 23.9 Å². The third-order valence-corrected chi connectivity index (χ3v) is 4.87. The zero-order valence-corrected chi connectivity index (χ0v) is 15.9. The van der Waals surface area contributed by atoms with Gasteiger partial charge in [-0.3, -0.25) is 14.4 Å². The first-order valence-corrected chi connectivity index (χ1v) is 9.23. The minimum absolute atomic E-state index is 0.0136. The molecule has 0 saturated carbocycles. The predicted molar refractivity (Wildman–Crippen MR) is 103 cm³/mol. The lowest BCUT2D eigenvalue weighted by Crippen LogP contribution is -2.35. The summed E-state index contributed by atoms with van der Waals surface area (Å²) in [5, 5.41) is 2.80. The average Bonchev–Trinajstić information content (AvgIpc) is 3.21. The lowest BCUT2D eigenvalue weighted by Gasteiger charge is -2.26. The number of fused-ring (bicyclic) bond motifs is 2. The van der Waals surface area contributed by atoms with Crippen molar-refractivity contribution in [3.63, 3.8) is 0 Å². The van der Waals surface area contributed by atoms with Crippen molar-refractivity contribution in [2.45, 2.75) is 19.4 Å². The summed E-state index contributed by atoms with van der Waals surface area (Å²) in [6.45, 7) is 0.527. The summed E-state index contributed by atoms with van der Waals surface area (Å²) in [6, 6.07) is 10.4. The monoisotopic (exact) mass is 396 g/mol. The smallest absolute Gasteiger partial charge is 0.264 e. The molecule has 0 bridgehead atoms. The molecule has 2 aromatic carbocycles. The Balaban J connectivity index is 1.30. The number of likely N-dealkylation sites (N-methyl/N-ethyl adjacent to an activating group) is 1. The molecule has 0 fully saturated rings. The average molecular weight is 396 g/mol. The van der Waals surface area contributed by atoms with Gasteiger partial charge < -0.3 is 24.4 Å². The van der Waals surface area contributed by atoms with Crippen LogP contribution in [0.15, 0.2) is 36.4 Å². The summed E-state index contributed by atoms with van der Waals surface area (Å²) in [7, 11) is 1.64. The van der Waals surface area contributed by atoms with Gasteiger partial charge in [0.25, 0.3) is 5.91 Å². The number of anilines is 1. The fourth-order valence-electron chi connectivity index (χ4n) is 3.16. The van der Waals surface area contributed by atoms with Crippen LogP contribution in [0.4, 0.5) is 5.69 Å². The molecule has 2 aromatic rings. The molecule has 29 heavy (non-hydrogen) atoms. The van der Waals surface area contributed by atoms with Gasteiger partial charge in [-0.25, -0.2) is 0 Å². The van der Waals surface area contributed by atoms with Gasteiger partial charge in [-0.1, -0.05) is 6.07 Å². The molecule has 0 atom stereocenters. The molecule has 2 aliphatic rings. The Hall–Kier alpha value is -3.55. The number of ether oxygens (including phenoxy) is 3. The SMILES string of the molecule is CN1C(=O)COc2ccc(C(=O)CCC(=O)NCc3ccc4c(c3)OCO4)cc21. The lowest BCUT2D eigenvalue weighted by atomic mass is 10.0. The Bertz CT molecular complexity index is 987. The Morgan fingerprint density at radius 2 is 1.79 bits per heavy atom. The first kappa shape index (κ1) is 18.8. The number of carbonyl (C=O) groups excluding carboxylic acids is 3. The zero-order chi connectivity index (χ0) is 20.4. The molecule has 150 valence electrons. The maximum atomic E-state index is 12.5. The quantitative estimate of drug-likeness (QED) is 0.751. The summed E-state index contributed by atoms with van der Waals surface area (Å²) in [5.74, 6) is 1.34. The van der Waals surface area contributed by atoms with Crippen molar-refractivity contribution in [1.82, 2.24) is 5.32 Å². The van der Waals surface area contributed by atoms with Crippen LogP contribution in [-0.4, -0.2) is 38.0 Å². The van der Waals surface area contributed by atoms with E-state index in [0.717, 1.165) is 5.56 Å². The van der Waals surface area contributed by atoms with Crippen LogP contribution < -0.4 is 24.4 Å². The number of carbonyl (C=O) groups is 3. The van der Waals surface area contributed by atoms with E-state index < -0.39 is 0 Å². The highest BCUT2D eigenvalue weighted by Gasteiger charge is 2.23. The standard InChI is InChI=1S/C21H20N2O6/c1-23-15-9-14(3-6-17(15)27-11-21(23)26)16(24)4-7-20(25)22-10-13-2-5-18-19(8-13)29-12-28-18/h2-3,5-6,8-9H,4,7,10-12H2,1H3,(H,22,25). The van der Waals surface area contributed by atoms with Crippen molar-refractivity contribution in [2.75, 3.05) is 25.3 Å². The molecule has 2 amide bonds. The van der Waals surface area contributed by atoms with E-state index >= 15 is 0 Å². The van der Waals surface area contributed by atoms with E-state index in [2.05, 4.69) is 5.32 Å². The second-order valence-corrected chi connectivity index (χ2v) is 6.81. The van der Waals surface area contributed by atoms with Crippen molar-refractivity contribution >= 4 is 23.3 Å². The zero-order valence-electron chi connectivity index (χ0n) is 15.9. The van der Waals surface area contributed by atoms with Gasteiger partial charge in [-0.2, -0.15) is 0 Å². The Morgan fingerprint density at radius 1 is 1.00 bits per heavy atom. The van der Waals surface area contributed by atoms with Crippen LogP contribution in [-0.2, 0) is 16.1 Å². The van der Waals surface area contributed by atoms with Crippen LogP contribution in [0, 0.1) is 0 Å². The molecule has 0 unspecified atom stereocenters. The molecule has 0 aliphatic carbocycles. The fraction of sp³-hybridized carbons (Fsp3) is 0.286. The molecule has 1 N–H and O–H groups in total. The Kier molecular flexibility index (Phi) is 5.07. The molecule has 0 radical (unpaired) electrons. The second-order valence-electron chi connectivity index (χ2n) is 6.81. The van der Waals surface area contributed by atoms with Crippen molar-refractivity contribution in [1.29, 1.82) is 0 Å². The third kappa shape index (κ3) is 4.01. The minimum Gasteiger partial charge on any atom is -0.482 e. The van der Waals surface area contributed by atoms with E-state index in [-0.39, 0.29) is 43.8 Å². The number of ketones is 1. The molecule has 8 nitrogen and oxygen atoms in total. The molecular formula is C21H20N2O6. The molecule has 2 heterocycles. The number of nitrogens with one attached hydrogen (secondary N) is 1. The molecule has 0 spiro atoms. The molecule has 4 rings (SSSR count). The van der Waals surface area contributed by atoms with E-state index in [1.165, 1.54) is 4.90 Å². The summed E-state index contributed by atoms with van der Waals surface area (Å²) >= 11 is 0. The summed E-state index contributed by atoms with van der Waals surface area (Å²) in [6.07, 6.45) is 0.149. The number of benzene rings is 2. The molecule has 8 heteroatoms. The first-order chi connectivity index (χ1) is 14.0. The van der Waals surface area contributed by atoms with Gasteiger partial charge in [-0.15, -0.1) is 0 Å². The number of hydrogen-bond donors (Lipinski definition) is 1. The number of nitrogens with zero attached hydrogens (tertiary/aromatic N) is 1. The summed E-state index contributed by atoms with van der Waals surface area (Å²) in [4.78, 5) is 37.8. The summed E-state index contributed by atoms with van der Waals surface area (Å²) in [5.41, 5.74) is 1.88. The van der Waals surface area contributed by atoms with E-state index in [1.807, 2.05) is 12.1 Å². The number of Topliss-reactive ketones (excluding diaryl/α,β-unsaturated/α-hetero) is 1. The second kappa shape index (κ2) is 7.83. The van der Waals surface area contributed by atoms with Crippen molar-refractivity contribution in [2.24, 2.45) is 0 Å². The first-order valence-electron chi connectivity index (χ1n) is 9.23. The maximum absolute atomic E-state index is 12.5. The van der Waals surface area contributed by atoms with E-state index in [4.69, 9.17) is 14.2 Å².